The van der Waals surface area contributed by atoms with Gasteiger partial charge in [-0.3, -0.25) is 0 Å². The highest BCUT2D eigenvalue weighted by Gasteiger charge is 2.32. The number of nitrogens with two attached hydrogens (primary N) is 1. The van der Waals surface area contributed by atoms with Crippen molar-refractivity contribution in [1.29, 1.82) is 0 Å². The summed E-state index contributed by atoms with van der Waals surface area (Å²) in [7, 11) is -3.15. The van der Waals surface area contributed by atoms with Gasteiger partial charge in [0.05, 0.1) is 11.9 Å². The van der Waals surface area contributed by atoms with Gasteiger partial charge in [0, 0.05) is 25.7 Å². The van der Waals surface area contributed by atoms with Gasteiger partial charge in [-0.15, -0.1) is 0 Å². The van der Waals surface area contributed by atoms with Crippen molar-refractivity contribution in [2.45, 2.75) is 31.4 Å². The Kier molecular flexibility index (Phi) is 3.30. The average Bonchev–Trinajstić information content (AvgIpc) is 2.75. The molecule has 2 aliphatic heterocycles. The monoisotopic (exact) mass is 234 g/mol. The summed E-state index contributed by atoms with van der Waals surface area (Å²) in [6.45, 7) is 1.73. The van der Waals surface area contributed by atoms with Crippen LogP contribution in [0.15, 0.2) is 0 Å². The predicted octanol–water partition coefficient (Wildman–Crippen LogP) is -0.472. The van der Waals surface area contributed by atoms with Crippen molar-refractivity contribution in [3.8, 4) is 0 Å². The van der Waals surface area contributed by atoms with Gasteiger partial charge in [0.1, 0.15) is 0 Å². The number of hydrogen-bond donors (Lipinski definition) is 1. The summed E-state index contributed by atoms with van der Waals surface area (Å²) < 4.78 is 30.7. The second-order valence-corrected chi connectivity index (χ2v) is 6.33. The molecule has 2 atom stereocenters. The van der Waals surface area contributed by atoms with Gasteiger partial charge < -0.3 is 10.5 Å². The Labute approximate surface area is 90.6 Å². The lowest BCUT2D eigenvalue weighted by atomic mass is 10.3. The molecule has 0 radical (unpaired) electrons. The highest BCUT2D eigenvalue weighted by Crippen LogP contribution is 2.18. The topological polar surface area (TPSA) is 72.6 Å². The number of ether oxygens (including phenoxy) is 1. The van der Waals surface area contributed by atoms with Crippen molar-refractivity contribution < 1.29 is 13.2 Å². The smallest absolute Gasteiger partial charge is 0.216 e. The minimum absolute atomic E-state index is 0.00396. The van der Waals surface area contributed by atoms with E-state index in [1.165, 1.54) is 4.31 Å². The zero-order chi connectivity index (χ0) is 10.9. The first-order valence-corrected chi connectivity index (χ1v) is 7.04. The van der Waals surface area contributed by atoms with E-state index in [0.29, 0.717) is 19.7 Å². The van der Waals surface area contributed by atoms with Gasteiger partial charge in [-0.2, -0.15) is 0 Å². The molecular weight excluding hydrogens is 216 g/mol. The predicted molar refractivity (Wildman–Crippen MR) is 56.9 cm³/mol. The van der Waals surface area contributed by atoms with Crippen LogP contribution in [0.1, 0.15) is 19.3 Å². The minimum atomic E-state index is -3.15. The number of rotatable bonds is 3. The van der Waals surface area contributed by atoms with E-state index >= 15 is 0 Å². The summed E-state index contributed by atoms with van der Waals surface area (Å²) in [5.74, 6) is 0.125. The highest BCUT2D eigenvalue weighted by molar-refractivity contribution is 7.89. The Morgan fingerprint density at radius 1 is 1.40 bits per heavy atom. The SMILES string of the molecule is N[C@H]1CCN(S(=O)(=O)CC2CCCO2)C1. The lowest BCUT2D eigenvalue weighted by Gasteiger charge is -2.18. The molecule has 0 aliphatic carbocycles. The van der Waals surface area contributed by atoms with Crippen LogP contribution in [-0.4, -0.2) is 50.3 Å². The van der Waals surface area contributed by atoms with E-state index in [1.54, 1.807) is 0 Å². The largest absolute Gasteiger partial charge is 0.377 e. The molecule has 88 valence electrons. The summed E-state index contributed by atoms with van der Waals surface area (Å²) in [4.78, 5) is 0. The van der Waals surface area contributed by atoms with Crippen LogP contribution >= 0.6 is 0 Å². The third kappa shape index (κ3) is 2.69. The Morgan fingerprint density at radius 3 is 2.73 bits per heavy atom. The zero-order valence-electron chi connectivity index (χ0n) is 8.76. The first-order chi connectivity index (χ1) is 7.08. The normalized spacial score (nSPS) is 33.7. The van der Waals surface area contributed by atoms with Gasteiger partial charge >= 0.3 is 0 Å². The average molecular weight is 234 g/mol. The highest BCUT2D eigenvalue weighted by atomic mass is 32.2. The van der Waals surface area contributed by atoms with Crippen LogP contribution in [0, 0.1) is 0 Å². The maximum atomic E-state index is 11.9. The molecule has 0 bridgehead atoms. The Bertz CT molecular complexity index is 311. The Morgan fingerprint density at radius 2 is 2.20 bits per heavy atom. The van der Waals surface area contributed by atoms with E-state index in [2.05, 4.69) is 0 Å². The molecule has 0 spiro atoms. The molecule has 15 heavy (non-hydrogen) atoms. The van der Waals surface area contributed by atoms with Crippen LogP contribution in [0.3, 0.4) is 0 Å². The minimum Gasteiger partial charge on any atom is -0.377 e. The van der Waals surface area contributed by atoms with Crippen molar-refractivity contribution in [2.24, 2.45) is 5.73 Å². The van der Waals surface area contributed by atoms with Crippen LogP contribution in [0.5, 0.6) is 0 Å². The van der Waals surface area contributed by atoms with E-state index in [9.17, 15) is 8.42 Å². The molecule has 5 nitrogen and oxygen atoms in total. The van der Waals surface area contributed by atoms with E-state index in [4.69, 9.17) is 10.5 Å². The molecule has 1 unspecified atom stereocenters. The fourth-order valence-corrected chi connectivity index (χ4v) is 3.87. The fraction of sp³-hybridized carbons (Fsp3) is 1.00. The third-order valence-electron chi connectivity index (χ3n) is 3.00. The fourth-order valence-electron chi connectivity index (χ4n) is 2.12. The third-order valence-corrected chi connectivity index (χ3v) is 4.91. The van der Waals surface area contributed by atoms with Gasteiger partial charge in [0.2, 0.25) is 10.0 Å². The summed E-state index contributed by atoms with van der Waals surface area (Å²) in [6.07, 6.45) is 2.50. The lowest BCUT2D eigenvalue weighted by Crippen LogP contribution is -2.36. The first kappa shape index (κ1) is 11.3. The summed E-state index contributed by atoms with van der Waals surface area (Å²) >= 11 is 0. The molecule has 2 N–H and O–H groups in total. The molecule has 2 saturated heterocycles. The quantitative estimate of drug-likeness (QED) is 0.716. The van der Waals surface area contributed by atoms with Crippen LogP contribution < -0.4 is 5.73 Å². The van der Waals surface area contributed by atoms with E-state index < -0.39 is 10.0 Å². The maximum Gasteiger partial charge on any atom is 0.216 e. The number of sulfonamides is 1. The number of hydrogen-bond acceptors (Lipinski definition) is 4. The second kappa shape index (κ2) is 4.37. The molecule has 0 amide bonds. The number of nitrogens with zero attached hydrogens (tertiary/aromatic N) is 1. The maximum absolute atomic E-state index is 11.9. The van der Waals surface area contributed by atoms with Crippen molar-refractivity contribution in [3.05, 3.63) is 0 Å². The van der Waals surface area contributed by atoms with Crippen LogP contribution in [-0.2, 0) is 14.8 Å². The van der Waals surface area contributed by atoms with Gasteiger partial charge in [-0.05, 0) is 19.3 Å². The van der Waals surface area contributed by atoms with Crippen LogP contribution in [0.4, 0.5) is 0 Å². The van der Waals surface area contributed by atoms with Gasteiger partial charge in [0.15, 0.2) is 0 Å². The summed E-state index contributed by atoms with van der Waals surface area (Å²) in [6, 6.07) is 0.00396. The lowest BCUT2D eigenvalue weighted by molar-refractivity contribution is 0.126. The molecule has 0 saturated carbocycles. The van der Waals surface area contributed by atoms with Crippen molar-refractivity contribution in [2.75, 3.05) is 25.4 Å². The summed E-state index contributed by atoms with van der Waals surface area (Å²) in [5.41, 5.74) is 5.69. The molecular formula is C9H18N2O3S. The Hall–Kier alpha value is -0.170. The standard InChI is InChI=1S/C9H18N2O3S/c10-8-3-4-11(6-8)15(12,13)7-9-2-1-5-14-9/h8-9H,1-7,10H2/t8-,9?/m0/s1. The molecule has 2 fully saturated rings. The van der Waals surface area contributed by atoms with Crippen molar-refractivity contribution in [1.82, 2.24) is 4.31 Å². The molecule has 2 rings (SSSR count). The molecule has 0 aromatic carbocycles. The van der Waals surface area contributed by atoms with Crippen LogP contribution in [0.25, 0.3) is 0 Å². The van der Waals surface area contributed by atoms with Crippen molar-refractivity contribution in [3.63, 3.8) is 0 Å². The van der Waals surface area contributed by atoms with Crippen molar-refractivity contribution >= 4 is 10.0 Å². The van der Waals surface area contributed by atoms with E-state index in [-0.39, 0.29) is 17.9 Å². The van der Waals surface area contributed by atoms with E-state index in [1.807, 2.05) is 0 Å². The van der Waals surface area contributed by atoms with Crippen LogP contribution in [0.2, 0.25) is 0 Å². The molecule has 6 heteroatoms. The molecule has 0 aromatic rings. The summed E-state index contributed by atoms with van der Waals surface area (Å²) in [5, 5.41) is 0. The molecule has 2 heterocycles. The van der Waals surface area contributed by atoms with E-state index in [0.717, 1.165) is 19.3 Å². The van der Waals surface area contributed by atoms with Gasteiger partial charge in [0.25, 0.3) is 0 Å². The molecule has 0 aromatic heterocycles. The van der Waals surface area contributed by atoms with Gasteiger partial charge in [-0.1, -0.05) is 0 Å². The zero-order valence-corrected chi connectivity index (χ0v) is 9.58. The molecule has 2 aliphatic rings. The first-order valence-electron chi connectivity index (χ1n) is 5.43. The second-order valence-electron chi connectivity index (χ2n) is 4.32. The van der Waals surface area contributed by atoms with Gasteiger partial charge in [-0.25, -0.2) is 12.7 Å². The Balaban J connectivity index is 1.94.